The molecule has 0 bridgehead atoms. The molecular weight excluding hydrogens is 168 g/mol. The Morgan fingerprint density at radius 1 is 1.38 bits per heavy atom. The summed E-state index contributed by atoms with van der Waals surface area (Å²) < 4.78 is 9.56. The van der Waals surface area contributed by atoms with E-state index in [9.17, 15) is 0 Å². The van der Waals surface area contributed by atoms with Gasteiger partial charge < -0.3 is 9.05 Å². The molecule has 0 aliphatic rings. The van der Waals surface area contributed by atoms with E-state index < -0.39 is 0 Å². The number of aryl methyl sites for hydroxylation is 1. The summed E-state index contributed by atoms with van der Waals surface area (Å²) in [4.78, 5) is 0. The van der Waals surface area contributed by atoms with E-state index in [1.807, 2.05) is 19.1 Å². The minimum absolute atomic E-state index is 0.778. The molecule has 4 heteroatoms. The van der Waals surface area contributed by atoms with Crippen LogP contribution in [0.2, 0.25) is 0 Å². The average Bonchev–Trinajstić information content (AvgIpc) is 2.72. The molecule has 0 N–H and O–H groups in total. The predicted molar refractivity (Wildman–Crippen MR) is 46.7 cm³/mol. The molecule has 0 radical (unpaired) electrons. The van der Waals surface area contributed by atoms with Gasteiger partial charge in [0, 0.05) is 11.6 Å². The summed E-state index contributed by atoms with van der Waals surface area (Å²) in [5.41, 5.74) is 1.73. The molecule has 0 saturated heterocycles. The maximum absolute atomic E-state index is 4.89. The molecule has 0 spiro atoms. The number of rotatable bonds is 2. The Morgan fingerprint density at radius 2 is 2.31 bits per heavy atom. The van der Waals surface area contributed by atoms with Gasteiger partial charge in [-0.3, -0.25) is 0 Å². The number of hydrogen-bond acceptors (Lipinski definition) is 4. The highest BCUT2D eigenvalue weighted by Crippen LogP contribution is 2.10. The van der Waals surface area contributed by atoms with E-state index in [4.69, 9.17) is 4.52 Å². The van der Waals surface area contributed by atoms with Crippen LogP contribution in [0.15, 0.2) is 27.6 Å². The molecule has 0 saturated carbocycles. The quantitative estimate of drug-likeness (QED) is 0.703. The third-order valence-electron chi connectivity index (χ3n) is 1.68. The van der Waals surface area contributed by atoms with E-state index >= 15 is 0 Å². The van der Waals surface area contributed by atoms with Gasteiger partial charge in [-0.05, 0) is 19.1 Å². The highest BCUT2D eigenvalue weighted by molar-refractivity contribution is 5.67. The smallest absolute Gasteiger partial charge is 0.140 e. The van der Waals surface area contributed by atoms with Crippen molar-refractivity contribution in [1.82, 2.24) is 10.3 Å². The molecule has 2 heterocycles. The summed E-state index contributed by atoms with van der Waals surface area (Å²) in [6, 6.07) is 1.78. The van der Waals surface area contributed by atoms with Gasteiger partial charge in [0.2, 0.25) is 0 Å². The summed E-state index contributed by atoms with van der Waals surface area (Å²) in [7, 11) is 0. The topological polar surface area (TPSA) is 52.1 Å². The van der Waals surface area contributed by atoms with Crippen LogP contribution in [-0.2, 0) is 0 Å². The lowest BCUT2D eigenvalue weighted by Crippen LogP contribution is -1.70. The molecule has 0 unspecified atom stereocenters. The van der Waals surface area contributed by atoms with Crippen LogP contribution in [0, 0.1) is 6.92 Å². The number of nitrogens with zero attached hydrogens (tertiary/aromatic N) is 2. The third-order valence-corrected chi connectivity index (χ3v) is 1.68. The Bertz CT molecular complexity index is 401. The molecule has 2 aromatic heterocycles. The first-order chi connectivity index (χ1) is 6.36. The second kappa shape index (κ2) is 3.26. The number of aromatic nitrogens is 2. The van der Waals surface area contributed by atoms with Gasteiger partial charge in [-0.15, -0.1) is 0 Å². The van der Waals surface area contributed by atoms with Crippen molar-refractivity contribution in [3.63, 3.8) is 0 Å². The first-order valence-electron chi connectivity index (χ1n) is 3.86. The predicted octanol–water partition coefficient (Wildman–Crippen LogP) is 2.14. The largest absolute Gasteiger partial charge is 0.364 e. The van der Waals surface area contributed by atoms with E-state index in [1.165, 1.54) is 6.26 Å². The van der Waals surface area contributed by atoms with Gasteiger partial charge in [-0.1, -0.05) is 10.3 Å². The van der Waals surface area contributed by atoms with Gasteiger partial charge in [-0.2, -0.15) is 0 Å². The van der Waals surface area contributed by atoms with Crippen molar-refractivity contribution < 1.29 is 9.05 Å². The fraction of sp³-hybridized carbons (Fsp3) is 0.111. The van der Waals surface area contributed by atoms with Gasteiger partial charge in [0.1, 0.15) is 17.7 Å². The third kappa shape index (κ3) is 1.66. The monoisotopic (exact) mass is 176 g/mol. The molecule has 0 aliphatic heterocycles. The molecule has 4 nitrogen and oxygen atoms in total. The Hall–Kier alpha value is -1.84. The Morgan fingerprint density at radius 3 is 2.92 bits per heavy atom. The molecule has 13 heavy (non-hydrogen) atoms. The van der Waals surface area contributed by atoms with Crippen molar-refractivity contribution in [2.24, 2.45) is 0 Å². The van der Waals surface area contributed by atoms with Gasteiger partial charge >= 0.3 is 0 Å². The van der Waals surface area contributed by atoms with Crippen molar-refractivity contribution in [3.8, 4) is 0 Å². The van der Waals surface area contributed by atoms with Crippen molar-refractivity contribution in [2.75, 3.05) is 0 Å². The lowest BCUT2D eigenvalue weighted by Gasteiger charge is -1.83. The normalized spacial score (nSPS) is 11.2. The summed E-state index contributed by atoms with van der Waals surface area (Å²) in [6.45, 7) is 1.86. The molecule has 0 atom stereocenters. The van der Waals surface area contributed by atoms with Gasteiger partial charge in [-0.25, -0.2) is 0 Å². The average molecular weight is 176 g/mol. The fourth-order valence-corrected chi connectivity index (χ4v) is 0.949. The Balaban J connectivity index is 2.19. The minimum Gasteiger partial charge on any atom is -0.364 e. The van der Waals surface area contributed by atoms with Crippen LogP contribution in [0.3, 0.4) is 0 Å². The fourth-order valence-electron chi connectivity index (χ4n) is 0.949. The van der Waals surface area contributed by atoms with E-state index in [0.717, 1.165) is 17.0 Å². The zero-order chi connectivity index (χ0) is 9.10. The molecule has 2 aromatic rings. The van der Waals surface area contributed by atoms with Crippen LogP contribution in [0.25, 0.3) is 12.2 Å². The first-order valence-corrected chi connectivity index (χ1v) is 3.86. The highest BCUT2D eigenvalue weighted by atomic mass is 16.5. The van der Waals surface area contributed by atoms with E-state index in [0.29, 0.717) is 0 Å². The van der Waals surface area contributed by atoms with Crippen molar-refractivity contribution in [3.05, 3.63) is 35.5 Å². The van der Waals surface area contributed by atoms with Crippen LogP contribution in [0.1, 0.15) is 17.0 Å². The van der Waals surface area contributed by atoms with E-state index in [2.05, 4.69) is 14.8 Å². The highest BCUT2D eigenvalue weighted by Gasteiger charge is 1.97. The molecular formula is C9H8N2O2. The molecule has 0 amide bonds. The lowest BCUT2D eigenvalue weighted by atomic mass is 10.2. The van der Waals surface area contributed by atoms with Gasteiger partial charge in [0.15, 0.2) is 0 Å². The Labute approximate surface area is 74.8 Å². The SMILES string of the molecule is Cc1oncc1/C=C/c1ccon1. The summed E-state index contributed by atoms with van der Waals surface area (Å²) in [5.74, 6) is 0.791. The van der Waals surface area contributed by atoms with Gasteiger partial charge in [0.05, 0.1) is 6.20 Å². The molecule has 0 fully saturated rings. The molecule has 0 aromatic carbocycles. The standard InChI is InChI=1S/C9H8N2O2/c1-7-8(6-10-13-7)2-3-9-4-5-12-11-9/h2-6H,1H3/b3-2+. The van der Waals surface area contributed by atoms with Crippen LogP contribution in [-0.4, -0.2) is 10.3 Å². The summed E-state index contributed by atoms with van der Waals surface area (Å²) in [5, 5.41) is 7.38. The number of hydrogen-bond donors (Lipinski definition) is 0. The van der Waals surface area contributed by atoms with E-state index in [-0.39, 0.29) is 0 Å². The first kappa shape index (κ1) is 7.79. The molecule has 66 valence electrons. The van der Waals surface area contributed by atoms with Crippen LogP contribution >= 0.6 is 0 Å². The zero-order valence-corrected chi connectivity index (χ0v) is 7.10. The van der Waals surface area contributed by atoms with Gasteiger partial charge in [0.25, 0.3) is 0 Å². The van der Waals surface area contributed by atoms with Crippen LogP contribution in [0.5, 0.6) is 0 Å². The minimum atomic E-state index is 0.778. The van der Waals surface area contributed by atoms with Crippen molar-refractivity contribution in [2.45, 2.75) is 6.92 Å². The van der Waals surface area contributed by atoms with Crippen LogP contribution in [0.4, 0.5) is 0 Å². The maximum Gasteiger partial charge on any atom is 0.140 e. The second-order valence-electron chi connectivity index (χ2n) is 2.59. The molecule has 2 rings (SSSR count). The summed E-state index contributed by atoms with van der Waals surface area (Å²) in [6.07, 6.45) is 6.90. The van der Waals surface area contributed by atoms with Crippen molar-refractivity contribution >= 4 is 12.2 Å². The lowest BCUT2D eigenvalue weighted by molar-refractivity contribution is 0.397. The second-order valence-corrected chi connectivity index (χ2v) is 2.59. The van der Waals surface area contributed by atoms with E-state index in [1.54, 1.807) is 12.3 Å². The van der Waals surface area contributed by atoms with Crippen LogP contribution < -0.4 is 0 Å². The maximum atomic E-state index is 4.89. The molecule has 0 aliphatic carbocycles. The zero-order valence-electron chi connectivity index (χ0n) is 7.10. The Kier molecular flexibility index (Phi) is 1.96. The summed E-state index contributed by atoms with van der Waals surface area (Å²) >= 11 is 0. The van der Waals surface area contributed by atoms with Crippen molar-refractivity contribution in [1.29, 1.82) is 0 Å².